The largest absolute Gasteiger partial charge is 0.481 e. The van der Waals surface area contributed by atoms with E-state index >= 15 is 0 Å². The van der Waals surface area contributed by atoms with E-state index in [1.165, 1.54) is 0 Å². The molecular formula is C15H18FNO6S. The van der Waals surface area contributed by atoms with Crippen molar-refractivity contribution in [2.45, 2.75) is 30.7 Å². The van der Waals surface area contributed by atoms with E-state index < -0.39 is 39.7 Å². The number of ether oxygens (including phenoxy) is 1. The van der Waals surface area contributed by atoms with E-state index in [0.29, 0.717) is 12.8 Å². The molecule has 132 valence electrons. The summed E-state index contributed by atoms with van der Waals surface area (Å²) in [5, 5.41) is 9.11. The van der Waals surface area contributed by atoms with Crippen LogP contribution in [-0.2, 0) is 19.6 Å². The lowest BCUT2D eigenvalue weighted by Crippen LogP contribution is -2.47. The molecule has 0 amide bonds. The highest BCUT2D eigenvalue weighted by Gasteiger charge is 2.37. The highest BCUT2D eigenvalue weighted by Crippen LogP contribution is 2.29. The number of hydrogen-bond acceptors (Lipinski definition) is 5. The molecule has 1 fully saturated rings. The molecule has 2 unspecified atom stereocenters. The van der Waals surface area contributed by atoms with Gasteiger partial charge in [-0.2, -0.15) is 4.31 Å². The van der Waals surface area contributed by atoms with Crippen molar-refractivity contribution in [3.8, 4) is 0 Å². The second kappa shape index (κ2) is 6.86. The van der Waals surface area contributed by atoms with E-state index in [9.17, 15) is 22.4 Å². The molecule has 1 saturated heterocycles. The predicted octanol–water partition coefficient (Wildman–Crippen LogP) is 1.49. The number of aliphatic carboxylic acids is 1. The number of benzene rings is 1. The maximum absolute atomic E-state index is 14.0. The summed E-state index contributed by atoms with van der Waals surface area (Å²) in [5.74, 6) is -3.78. The molecule has 0 saturated carbocycles. The Kier molecular flexibility index (Phi) is 5.24. The van der Waals surface area contributed by atoms with Crippen LogP contribution in [0.2, 0.25) is 0 Å². The molecule has 2 rings (SSSR count). The van der Waals surface area contributed by atoms with Crippen molar-refractivity contribution >= 4 is 22.0 Å². The summed E-state index contributed by atoms with van der Waals surface area (Å²) in [6.45, 7) is 1.51. The van der Waals surface area contributed by atoms with Gasteiger partial charge < -0.3 is 9.84 Å². The second-order valence-corrected chi connectivity index (χ2v) is 7.56. The minimum Gasteiger partial charge on any atom is -0.481 e. The average molecular weight is 359 g/mol. The zero-order valence-corrected chi connectivity index (χ0v) is 14.0. The third kappa shape index (κ3) is 3.41. The smallest absolute Gasteiger partial charge is 0.340 e. The number of carboxylic acids is 1. The fraction of sp³-hybridized carbons (Fsp3) is 0.467. The Balaban J connectivity index is 2.37. The summed E-state index contributed by atoms with van der Waals surface area (Å²) in [5.41, 5.74) is -0.369. The highest BCUT2D eigenvalue weighted by molar-refractivity contribution is 7.89. The first kappa shape index (κ1) is 18.3. The van der Waals surface area contributed by atoms with Crippen LogP contribution in [0.4, 0.5) is 4.39 Å². The van der Waals surface area contributed by atoms with Crippen LogP contribution < -0.4 is 0 Å². The van der Waals surface area contributed by atoms with E-state index in [4.69, 9.17) is 5.11 Å². The Bertz CT molecular complexity index is 763. The molecule has 0 bridgehead atoms. The van der Waals surface area contributed by atoms with Gasteiger partial charge in [-0.15, -0.1) is 0 Å². The predicted molar refractivity (Wildman–Crippen MR) is 81.5 cm³/mol. The molecule has 2 atom stereocenters. The zero-order valence-electron chi connectivity index (χ0n) is 13.2. The van der Waals surface area contributed by atoms with Gasteiger partial charge in [0.1, 0.15) is 5.82 Å². The van der Waals surface area contributed by atoms with Gasteiger partial charge in [0.25, 0.3) is 0 Å². The molecule has 1 aliphatic rings. The number of carbonyl (C=O) groups excluding carboxylic acids is 1. The molecule has 7 nitrogen and oxygen atoms in total. The Morgan fingerprint density at radius 2 is 2.00 bits per heavy atom. The van der Waals surface area contributed by atoms with Crippen molar-refractivity contribution in [2.75, 3.05) is 13.7 Å². The van der Waals surface area contributed by atoms with E-state index in [1.54, 1.807) is 6.92 Å². The number of esters is 1. The van der Waals surface area contributed by atoms with Crippen LogP contribution in [0.25, 0.3) is 0 Å². The summed E-state index contributed by atoms with van der Waals surface area (Å²) in [7, 11) is -2.98. The summed E-state index contributed by atoms with van der Waals surface area (Å²) in [6.07, 6.45) is 0.789. The number of hydrogen-bond donors (Lipinski definition) is 1. The van der Waals surface area contributed by atoms with Gasteiger partial charge in [0.2, 0.25) is 10.0 Å². The monoisotopic (exact) mass is 359 g/mol. The number of sulfonamides is 1. The van der Waals surface area contributed by atoms with Crippen molar-refractivity contribution in [1.29, 1.82) is 0 Å². The van der Waals surface area contributed by atoms with Crippen LogP contribution in [0.15, 0.2) is 23.1 Å². The molecule has 24 heavy (non-hydrogen) atoms. The van der Waals surface area contributed by atoms with Crippen molar-refractivity contribution in [1.82, 2.24) is 4.31 Å². The normalized spacial score (nSPS) is 22.1. The molecule has 0 aliphatic carbocycles. The van der Waals surface area contributed by atoms with Crippen LogP contribution in [-0.4, -0.2) is 49.5 Å². The van der Waals surface area contributed by atoms with Gasteiger partial charge in [0.05, 0.1) is 23.5 Å². The Morgan fingerprint density at radius 3 is 2.54 bits per heavy atom. The molecule has 0 spiro atoms. The number of piperidine rings is 1. The molecule has 9 heteroatoms. The van der Waals surface area contributed by atoms with Gasteiger partial charge >= 0.3 is 11.9 Å². The number of methoxy groups -OCH3 is 1. The van der Waals surface area contributed by atoms with Gasteiger partial charge in [0.15, 0.2) is 0 Å². The first-order chi connectivity index (χ1) is 11.2. The summed E-state index contributed by atoms with van der Waals surface area (Å²) in [4.78, 5) is 22.2. The van der Waals surface area contributed by atoms with Crippen molar-refractivity contribution in [2.24, 2.45) is 5.92 Å². The summed E-state index contributed by atoms with van der Waals surface area (Å²) in [6, 6.07) is 2.51. The molecular weight excluding hydrogens is 341 g/mol. The van der Waals surface area contributed by atoms with Crippen molar-refractivity contribution < 1.29 is 32.2 Å². The fourth-order valence-electron chi connectivity index (χ4n) is 2.68. The third-order valence-electron chi connectivity index (χ3n) is 4.13. The second-order valence-electron chi connectivity index (χ2n) is 5.67. The minimum atomic E-state index is -4.07. The van der Waals surface area contributed by atoms with E-state index in [0.717, 1.165) is 29.6 Å². The Hall–Kier alpha value is -2.00. The number of carbonyl (C=O) groups is 2. The average Bonchev–Trinajstić information content (AvgIpc) is 2.53. The molecule has 1 heterocycles. The summed E-state index contributed by atoms with van der Waals surface area (Å²) >= 11 is 0. The number of nitrogens with zero attached hydrogens (tertiary/aromatic N) is 1. The van der Waals surface area contributed by atoms with Crippen LogP contribution in [0.3, 0.4) is 0 Å². The topological polar surface area (TPSA) is 101 Å². The Morgan fingerprint density at radius 1 is 1.33 bits per heavy atom. The standard InChI is InChI=1S/C15H18FNO6S/c1-9-3-4-10(14(18)19)8-17(9)24(21,22)11-5-6-12(13(16)7-11)15(20)23-2/h5-7,9-10H,3-4,8H2,1-2H3,(H,18,19). The Labute approximate surface area is 139 Å². The van der Waals surface area contributed by atoms with Crippen LogP contribution in [0.5, 0.6) is 0 Å². The zero-order chi connectivity index (χ0) is 18.1. The van der Waals surface area contributed by atoms with Gasteiger partial charge in [-0.1, -0.05) is 0 Å². The van der Waals surface area contributed by atoms with E-state index in [1.807, 2.05) is 0 Å². The van der Waals surface area contributed by atoms with Gasteiger partial charge in [-0.3, -0.25) is 4.79 Å². The van der Waals surface area contributed by atoms with E-state index in [-0.39, 0.29) is 17.0 Å². The van der Waals surface area contributed by atoms with E-state index in [2.05, 4.69) is 4.74 Å². The number of halogens is 1. The minimum absolute atomic E-state index is 0.167. The van der Waals surface area contributed by atoms with Crippen molar-refractivity contribution in [3.63, 3.8) is 0 Å². The quantitative estimate of drug-likeness (QED) is 0.818. The molecule has 1 aliphatic heterocycles. The first-order valence-corrected chi connectivity index (χ1v) is 8.75. The highest BCUT2D eigenvalue weighted by atomic mass is 32.2. The van der Waals surface area contributed by atoms with Crippen LogP contribution in [0, 0.1) is 11.7 Å². The lowest BCUT2D eigenvalue weighted by atomic mass is 9.96. The van der Waals surface area contributed by atoms with Crippen LogP contribution >= 0.6 is 0 Å². The van der Waals surface area contributed by atoms with Gasteiger partial charge in [-0.25, -0.2) is 17.6 Å². The lowest BCUT2D eigenvalue weighted by molar-refractivity contribution is -0.143. The third-order valence-corrected chi connectivity index (χ3v) is 6.10. The number of rotatable bonds is 4. The molecule has 1 aromatic rings. The molecule has 1 N–H and O–H groups in total. The first-order valence-electron chi connectivity index (χ1n) is 7.31. The summed E-state index contributed by atoms with van der Waals surface area (Å²) < 4.78 is 44.9. The molecule has 0 radical (unpaired) electrons. The molecule has 1 aromatic carbocycles. The SMILES string of the molecule is COC(=O)c1ccc(S(=O)(=O)N2CC(C(=O)O)CCC2C)cc1F. The fourth-order valence-corrected chi connectivity index (χ4v) is 4.40. The lowest BCUT2D eigenvalue weighted by Gasteiger charge is -2.35. The molecule has 0 aromatic heterocycles. The van der Waals surface area contributed by atoms with Gasteiger partial charge in [0, 0.05) is 12.6 Å². The maximum Gasteiger partial charge on any atom is 0.340 e. The van der Waals surface area contributed by atoms with Gasteiger partial charge in [-0.05, 0) is 38.0 Å². The maximum atomic E-state index is 14.0. The number of carboxylic acid groups (broad SMARTS) is 1. The van der Waals surface area contributed by atoms with Crippen LogP contribution in [0.1, 0.15) is 30.1 Å². The van der Waals surface area contributed by atoms with Crippen molar-refractivity contribution in [3.05, 3.63) is 29.6 Å².